The minimum atomic E-state index is -0.463. The van der Waals surface area contributed by atoms with Crippen LogP contribution in [0.3, 0.4) is 0 Å². The highest BCUT2D eigenvalue weighted by Gasteiger charge is 2.16. The van der Waals surface area contributed by atoms with E-state index in [9.17, 15) is 9.59 Å². The van der Waals surface area contributed by atoms with Crippen molar-refractivity contribution in [3.63, 3.8) is 0 Å². The van der Waals surface area contributed by atoms with E-state index in [0.717, 1.165) is 12.8 Å². The highest BCUT2D eigenvalue weighted by atomic mass is 16.5. The van der Waals surface area contributed by atoms with Gasteiger partial charge in [0.2, 0.25) is 5.43 Å². The van der Waals surface area contributed by atoms with Gasteiger partial charge in [0.1, 0.15) is 11.3 Å². The molecule has 34 heavy (non-hydrogen) atoms. The number of aromatic nitrogens is 1. The zero-order valence-electron chi connectivity index (χ0n) is 20.3. The fraction of sp³-hybridized carbons (Fsp3) is 0.481. The Morgan fingerprint density at radius 1 is 1.00 bits per heavy atom. The minimum absolute atomic E-state index is 0.0391. The highest BCUT2D eigenvalue weighted by molar-refractivity contribution is 5.97. The average molecular weight is 469 g/mol. The molecule has 2 heterocycles. The molecule has 2 N–H and O–H groups in total. The lowest BCUT2D eigenvalue weighted by Gasteiger charge is -2.13. The molecular formula is C27H36N2O5. The highest BCUT2D eigenvalue weighted by Crippen LogP contribution is 2.31. The number of ether oxygens (including phenoxy) is 2. The Bertz CT molecular complexity index is 1090. The number of pyridine rings is 1. The van der Waals surface area contributed by atoms with Crippen LogP contribution in [-0.2, 0) is 6.54 Å². The number of unbranched alkanes of at least 4 members (excludes halogenated alkanes) is 7. The molecule has 3 rings (SSSR count). The average Bonchev–Trinajstić information content (AvgIpc) is 3.36. The van der Waals surface area contributed by atoms with Crippen LogP contribution in [0.5, 0.6) is 11.5 Å². The smallest absolute Gasteiger partial charge is 0.257 e. The molecule has 1 amide bonds. The topological polar surface area (TPSA) is 93.6 Å². The molecule has 0 aliphatic rings. The van der Waals surface area contributed by atoms with Crippen LogP contribution in [0.2, 0.25) is 0 Å². The van der Waals surface area contributed by atoms with E-state index in [1.54, 1.807) is 24.3 Å². The zero-order valence-corrected chi connectivity index (χ0v) is 20.3. The van der Waals surface area contributed by atoms with Crippen molar-refractivity contribution >= 4 is 16.8 Å². The van der Waals surface area contributed by atoms with Crippen molar-refractivity contribution < 1.29 is 18.7 Å². The molecule has 0 fully saturated rings. The van der Waals surface area contributed by atoms with Crippen LogP contribution < -0.4 is 20.2 Å². The Morgan fingerprint density at radius 3 is 2.44 bits per heavy atom. The number of carbonyl (C=O) groups excluding carboxylic acids is 1. The third-order valence-electron chi connectivity index (χ3n) is 5.75. The number of furan rings is 1. The predicted molar refractivity (Wildman–Crippen MR) is 134 cm³/mol. The number of benzene rings is 1. The summed E-state index contributed by atoms with van der Waals surface area (Å²) in [6.45, 7) is 5.38. The molecule has 184 valence electrons. The molecule has 0 aliphatic heterocycles. The number of hydrogen-bond donors (Lipinski definition) is 2. The van der Waals surface area contributed by atoms with Crippen molar-refractivity contribution in [2.45, 2.75) is 71.8 Å². The van der Waals surface area contributed by atoms with Gasteiger partial charge in [0.05, 0.1) is 36.9 Å². The summed E-state index contributed by atoms with van der Waals surface area (Å²) in [6, 6.07) is 6.94. The fourth-order valence-corrected chi connectivity index (χ4v) is 3.87. The molecule has 2 aromatic heterocycles. The van der Waals surface area contributed by atoms with Gasteiger partial charge in [-0.3, -0.25) is 9.59 Å². The van der Waals surface area contributed by atoms with Crippen molar-refractivity contribution in [1.29, 1.82) is 0 Å². The molecule has 0 radical (unpaired) electrons. The van der Waals surface area contributed by atoms with Gasteiger partial charge < -0.3 is 24.2 Å². The summed E-state index contributed by atoms with van der Waals surface area (Å²) < 4.78 is 17.0. The third kappa shape index (κ3) is 7.14. The van der Waals surface area contributed by atoms with E-state index >= 15 is 0 Å². The monoisotopic (exact) mass is 468 g/mol. The van der Waals surface area contributed by atoms with E-state index in [0.29, 0.717) is 41.4 Å². The molecule has 0 unspecified atom stereocenters. The number of carbonyl (C=O) groups is 1. The van der Waals surface area contributed by atoms with E-state index in [1.165, 1.54) is 51.0 Å². The SMILES string of the molecule is CCCCCCCCCCOc1cc2c(=O)c(C(=O)NCc3ccco3)c[nH]c2cc1OCC. The number of aromatic amines is 1. The third-order valence-corrected chi connectivity index (χ3v) is 5.75. The van der Waals surface area contributed by atoms with E-state index in [1.807, 2.05) is 6.92 Å². The zero-order chi connectivity index (χ0) is 24.2. The molecule has 1 aromatic carbocycles. The second-order valence-corrected chi connectivity index (χ2v) is 8.39. The largest absolute Gasteiger partial charge is 0.490 e. The summed E-state index contributed by atoms with van der Waals surface area (Å²) in [5.41, 5.74) is 0.276. The summed E-state index contributed by atoms with van der Waals surface area (Å²) in [5, 5.41) is 3.10. The number of H-pyrrole nitrogens is 1. The van der Waals surface area contributed by atoms with E-state index in [-0.39, 0.29) is 17.5 Å². The summed E-state index contributed by atoms with van der Waals surface area (Å²) in [4.78, 5) is 28.7. The van der Waals surface area contributed by atoms with Gasteiger partial charge in [0, 0.05) is 12.3 Å². The number of amides is 1. The summed E-state index contributed by atoms with van der Waals surface area (Å²) in [7, 11) is 0. The molecule has 0 saturated heterocycles. The van der Waals surface area contributed by atoms with E-state index in [2.05, 4.69) is 17.2 Å². The minimum Gasteiger partial charge on any atom is -0.490 e. The van der Waals surface area contributed by atoms with Crippen molar-refractivity contribution in [3.8, 4) is 11.5 Å². The molecule has 7 nitrogen and oxygen atoms in total. The summed E-state index contributed by atoms with van der Waals surface area (Å²) in [6.07, 6.45) is 12.7. The van der Waals surface area contributed by atoms with Gasteiger partial charge >= 0.3 is 0 Å². The lowest BCUT2D eigenvalue weighted by atomic mass is 10.1. The Hall–Kier alpha value is -3.22. The molecule has 3 aromatic rings. The lowest BCUT2D eigenvalue weighted by molar-refractivity contribution is 0.0947. The van der Waals surface area contributed by atoms with E-state index in [4.69, 9.17) is 13.9 Å². The van der Waals surface area contributed by atoms with Crippen molar-refractivity contribution in [3.05, 3.63) is 58.3 Å². The molecule has 0 atom stereocenters. The first kappa shape index (κ1) is 25.4. The normalized spacial score (nSPS) is 11.0. The second-order valence-electron chi connectivity index (χ2n) is 8.39. The number of nitrogens with one attached hydrogen (secondary N) is 2. The van der Waals surface area contributed by atoms with Gasteiger partial charge in [-0.15, -0.1) is 0 Å². The van der Waals surface area contributed by atoms with Crippen LogP contribution in [0.1, 0.15) is 81.3 Å². The molecule has 0 saturated carbocycles. The molecule has 0 aliphatic carbocycles. The van der Waals surface area contributed by atoms with Crippen LogP contribution in [0.25, 0.3) is 10.9 Å². The fourth-order valence-electron chi connectivity index (χ4n) is 3.87. The first-order chi connectivity index (χ1) is 16.6. The first-order valence-electron chi connectivity index (χ1n) is 12.4. The van der Waals surface area contributed by atoms with Crippen LogP contribution >= 0.6 is 0 Å². The van der Waals surface area contributed by atoms with Gasteiger partial charge in [-0.2, -0.15) is 0 Å². The van der Waals surface area contributed by atoms with Crippen LogP contribution in [0.15, 0.2) is 45.9 Å². The van der Waals surface area contributed by atoms with Crippen LogP contribution in [0, 0.1) is 0 Å². The maximum atomic E-state index is 13.1. The Balaban J connectivity index is 1.65. The quantitative estimate of drug-likeness (QED) is 0.268. The molecule has 0 spiro atoms. The van der Waals surface area contributed by atoms with Gasteiger partial charge in [-0.05, 0) is 31.5 Å². The van der Waals surface area contributed by atoms with Gasteiger partial charge in [0.15, 0.2) is 11.5 Å². The number of rotatable bonds is 15. The van der Waals surface area contributed by atoms with Crippen molar-refractivity contribution in [2.24, 2.45) is 0 Å². The Kier molecular flexibility index (Phi) is 10.1. The van der Waals surface area contributed by atoms with E-state index < -0.39 is 5.91 Å². The number of hydrogen-bond acceptors (Lipinski definition) is 5. The van der Waals surface area contributed by atoms with Crippen LogP contribution in [0.4, 0.5) is 0 Å². The van der Waals surface area contributed by atoms with Crippen molar-refractivity contribution in [2.75, 3.05) is 13.2 Å². The molecule has 0 bridgehead atoms. The molecule has 7 heteroatoms. The lowest BCUT2D eigenvalue weighted by Crippen LogP contribution is -2.28. The Labute approximate surface area is 200 Å². The number of fused-ring (bicyclic) bond motifs is 1. The second kappa shape index (κ2) is 13.5. The van der Waals surface area contributed by atoms with Gasteiger partial charge in [0.25, 0.3) is 5.91 Å². The van der Waals surface area contributed by atoms with Crippen molar-refractivity contribution in [1.82, 2.24) is 10.3 Å². The van der Waals surface area contributed by atoms with Crippen LogP contribution in [-0.4, -0.2) is 24.1 Å². The molecular weight excluding hydrogens is 432 g/mol. The maximum absolute atomic E-state index is 13.1. The standard InChI is InChI=1S/C27H36N2O5/c1-3-5-6-7-8-9-10-11-14-34-24-16-21-23(17-25(24)32-4-2)28-19-22(26(21)30)27(31)29-18-20-13-12-15-33-20/h12-13,15-17,19H,3-11,14,18H2,1-2H3,(H,28,30)(H,29,31). The Morgan fingerprint density at radius 2 is 1.74 bits per heavy atom. The summed E-state index contributed by atoms with van der Waals surface area (Å²) >= 11 is 0. The van der Waals surface area contributed by atoms with Gasteiger partial charge in [-0.1, -0.05) is 51.9 Å². The first-order valence-corrected chi connectivity index (χ1v) is 12.4. The van der Waals surface area contributed by atoms with Gasteiger partial charge in [-0.25, -0.2) is 0 Å². The maximum Gasteiger partial charge on any atom is 0.257 e. The summed E-state index contributed by atoms with van der Waals surface area (Å²) in [5.74, 6) is 1.26. The predicted octanol–water partition coefficient (Wildman–Crippen LogP) is 5.97.